The highest BCUT2D eigenvalue weighted by atomic mass is 32.1. The number of carbonyl (C=O) groups is 1. The van der Waals surface area contributed by atoms with E-state index >= 15 is 0 Å². The highest BCUT2D eigenvalue weighted by Gasteiger charge is 2.34. The third kappa shape index (κ3) is 4.02. The fourth-order valence-electron chi connectivity index (χ4n) is 1.84. The average molecular weight is 228 g/mol. The molecule has 15 heavy (non-hydrogen) atoms. The Morgan fingerprint density at radius 3 is 2.33 bits per heavy atom. The molecule has 0 saturated carbocycles. The third-order valence-corrected chi connectivity index (χ3v) is 3.88. The van der Waals surface area contributed by atoms with Crippen molar-refractivity contribution in [3.05, 3.63) is 0 Å². The van der Waals surface area contributed by atoms with Gasteiger partial charge < -0.3 is 0 Å². The van der Waals surface area contributed by atoms with Crippen LogP contribution in [0.1, 0.15) is 53.9 Å². The smallest absolute Gasteiger partial charge is 0.141 e. The van der Waals surface area contributed by atoms with E-state index in [9.17, 15) is 4.79 Å². The van der Waals surface area contributed by atoms with Gasteiger partial charge in [0.25, 0.3) is 0 Å². The minimum absolute atomic E-state index is 0.133. The van der Waals surface area contributed by atoms with Gasteiger partial charge in [-0.15, -0.1) is 0 Å². The summed E-state index contributed by atoms with van der Waals surface area (Å²) in [5, 5.41) is 1.72. The van der Waals surface area contributed by atoms with Gasteiger partial charge in [-0.1, -0.05) is 53.3 Å². The lowest BCUT2D eigenvalue weighted by atomic mass is 9.71. The van der Waals surface area contributed by atoms with Gasteiger partial charge in [0.15, 0.2) is 0 Å². The summed E-state index contributed by atoms with van der Waals surface area (Å²) in [6.07, 6.45) is 2.81. The predicted octanol–water partition coefficient (Wildman–Crippen LogP) is 4.04. The summed E-state index contributed by atoms with van der Waals surface area (Å²) < 4.78 is 0. The molecule has 0 N–H and O–H groups in total. The fourth-order valence-corrected chi connectivity index (χ4v) is 1.97. The standard InChI is InChI=1S/C13H24OS/c1-6-11(3)13(4,5)12(14)10(2)8-7-9-15/h9-11H,6-8H2,1-5H3/t10-,11?/m1/s1. The van der Waals surface area contributed by atoms with E-state index in [0.717, 1.165) is 19.3 Å². The van der Waals surface area contributed by atoms with E-state index in [2.05, 4.69) is 27.7 Å². The van der Waals surface area contributed by atoms with Gasteiger partial charge in [-0.05, 0) is 24.1 Å². The summed E-state index contributed by atoms with van der Waals surface area (Å²) in [7, 11) is 0. The van der Waals surface area contributed by atoms with Crippen molar-refractivity contribution >= 4 is 23.4 Å². The van der Waals surface area contributed by atoms with Crippen LogP contribution in [0.25, 0.3) is 0 Å². The zero-order chi connectivity index (χ0) is 12.1. The Labute approximate surface area is 99.6 Å². The van der Waals surface area contributed by atoms with Gasteiger partial charge in [0.05, 0.1) is 0 Å². The van der Waals surface area contributed by atoms with E-state index < -0.39 is 0 Å². The molecule has 2 atom stereocenters. The fraction of sp³-hybridized carbons (Fsp3) is 0.846. The minimum Gasteiger partial charge on any atom is -0.299 e. The van der Waals surface area contributed by atoms with Gasteiger partial charge in [0.1, 0.15) is 5.78 Å². The van der Waals surface area contributed by atoms with Crippen LogP contribution in [-0.4, -0.2) is 11.2 Å². The maximum absolute atomic E-state index is 12.2. The molecule has 0 spiro atoms. The molecule has 0 saturated heterocycles. The Balaban J connectivity index is 4.46. The lowest BCUT2D eigenvalue weighted by Crippen LogP contribution is -2.35. The summed E-state index contributed by atoms with van der Waals surface area (Å²) in [6.45, 7) is 10.4. The van der Waals surface area contributed by atoms with E-state index in [0.29, 0.717) is 11.7 Å². The average Bonchev–Trinajstić information content (AvgIpc) is 2.23. The molecule has 0 amide bonds. The number of hydrogen-bond donors (Lipinski definition) is 0. The van der Waals surface area contributed by atoms with Crippen molar-refractivity contribution in [2.24, 2.45) is 17.3 Å². The Bertz CT molecular complexity index is 221. The van der Waals surface area contributed by atoms with Gasteiger partial charge >= 0.3 is 0 Å². The van der Waals surface area contributed by atoms with Crippen molar-refractivity contribution in [3.8, 4) is 0 Å². The SMILES string of the molecule is CCC(C)C(C)(C)C(=O)[C@H](C)CCC=S. The molecule has 0 aliphatic rings. The Morgan fingerprint density at radius 1 is 1.40 bits per heavy atom. The normalized spacial score (nSPS) is 15.8. The first-order chi connectivity index (χ1) is 6.87. The molecule has 0 fully saturated rings. The summed E-state index contributed by atoms with van der Waals surface area (Å²) in [5.41, 5.74) is -0.199. The number of Topliss-reactive ketones (excluding diaryl/α,β-unsaturated/α-hetero) is 1. The molecule has 1 unspecified atom stereocenters. The molecule has 0 radical (unpaired) electrons. The Morgan fingerprint density at radius 2 is 1.93 bits per heavy atom. The Hall–Kier alpha value is -0.240. The van der Waals surface area contributed by atoms with Crippen molar-refractivity contribution in [2.75, 3.05) is 0 Å². The van der Waals surface area contributed by atoms with Crippen LogP contribution in [0.4, 0.5) is 0 Å². The van der Waals surface area contributed by atoms with E-state index in [-0.39, 0.29) is 11.3 Å². The van der Waals surface area contributed by atoms with Gasteiger partial charge in [-0.25, -0.2) is 0 Å². The maximum atomic E-state index is 12.2. The third-order valence-electron chi connectivity index (χ3n) is 3.64. The molecule has 0 aromatic rings. The lowest BCUT2D eigenvalue weighted by molar-refractivity contribution is -0.133. The van der Waals surface area contributed by atoms with Crippen LogP contribution in [0.3, 0.4) is 0 Å². The molecule has 0 aromatic heterocycles. The monoisotopic (exact) mass is 228 g/mol. The van der Waals surface area contributed by atoms with Crippen molar-refractivity contribution < 1.29 is 4.79 Å². The van der Waals surface area contributed by atoms with Crippen LogP contribution >= 0.6 is 12.2 Å². The topological polar surface area (TPSA) is 17.1 Å². The van der Waals surface area contributed by atoms with Crippen LogP contribution < -0.4 is 0 Å². The van der Waals surface area contributed by atoms with Crippen molar-refractivity contribution in [2.45, 2.75) is 53.9 Å². The lowest BCUT2D eigenvalue weighted by Gasteiger charge is -2.32. The molecule has 0 rings (SSSR count). The van der Waals surface area contributed by atoms with Crippen LogP contribution in [0, 0.1) is 17.3 Å². The van der Waals surface area contributed by atoms with Crippen molar-refractivity contribution in [1.29, 1.82) is 0 Å². The predicted molar refractivity (Wildman–Crippen MR) is 70.3 cm³/mol. The molecule has 2 heteroatoms. The first-order valence-corrected chi connectivity index (χ1v) is 6.33. The van der Waals surface area contributed by atoms with E-state index in [4.69, 9.17) is 12.2 Å². The first-order valence-electron chi connectivity index (χ1n) is 5.85. The highest BCUT2D eigenvalue weighted by molar-refractivity contribution is 7.78. The van der Waals surface area contributed by atoms with E-state index in [1.165, 1.54) is 0 Å². The molecular weight excluding hydrogens is 204 g/mol. The van der Waals surface area contributed by atoms with Gasteiger partial charge in [-0.2, -0.15) is 0 Å². The second-order valence-corrected chi connectivity index (χ2v) is 5.37. The first kappa shape index (κ1) is 14.8. The van der Waals surface area contributed by atoms with Crippen LogP contribution in [0.5, 0.6) is 0 Å². The highest BCUT2D eigenvalue weighted by Crippen LogP contribution is 2.33. The number of ketones is 1. The van der Waals surface area contributed by atoms with E-state index in [1.807, 2.05) is 6.92 Å². The number of carbonyl (C=O) groups excluding carboxylic acids is 1. The zero-order valence-electron chi connectivity index (χ0n) is 10.7. The molecule has 0 aliphatic heterocycles. The van der Waals surface area contributed by atoms with Crippen molar-refractivity contribution in [1.82, 2.24) is 0 Å². The second-order valence-electron chi connectivity index (χ2n) is 5.04. The number of hydrogen-bond acceptors (Lipinski definition) is 2. The molecular formula is C13H24OS. The molecule has 88 valence electrons. The molecule has 0 bridgehead atoms. The van der Waals surface area contributed by atoms with Crippen LogP contribution in [0.2, 0.25) is 0 Å². The quantitative estimate of drug-likeness (QED) is 0.612. The van der Waals surface area contributed by atoms with Gasteiger partial charge in [-0.3, -0.25) is 4.79 Å². The summed E-state index contributed by atoms with van der Waals surface area (Å²) in [4.78, 5) is 12.2. The Kier molecular flexibility index (Phi) is 6.26. The van der Waals surface area contributed by atoms with Crippen molar-refractivity contribution in [3.63, 3.8) is 0 Å². The second kappa shape index (κ2) is 6.37. The summed E-state index contributed by atoms with van der Waals surface area (Å²) in [6, 6.07) is 0. The van der Waals surface area contributed by atoms with Gasteiger partial charge in [0.2, 0.25) is 0 Å². The zero-order valence-corrected chi connectivity index (χ0v) is 11.5. The van der Waals surface area contributed by atoms with Crippen LogP contribution in [-0.2, 0) is 4.79 Å². The largest absolute Gasteiger partial charge is 0.299 e. The van der Waals surface area contributed by atoms with Gasteiger partial charge in [0, 0.05) is 11.3 Å². The number of rotatable bonds is 7. The summed E-state index contributed by atoms with van der Waals surface area (Å²) >= 11 is 4.79. The number of thiocarbonyl (C=S) groups is 1. The molecule has 1 nitrogen and oxygen atoms in total. The molecule has 0 aliphatic carbocycles. The minimum atomic E-state index is -0.199. The molecule has 0 heterocycles. The van der Waals surface area contributed by atoms with Crippen LogP contribution in [0.15, 0.2) is 0 Å². The van der Waals surface area contributed by atoms with E-state index in [1.54, 1.807) is 5.37 Å². The molecule has 0 aromatic carbocycles. The summed E-state index contributed by atoms with van der Waals surface area (Å²) in [5.74, 6) is 0.960. The maximum Gasteiger partial charge on any atom is 0.141 e.